The average molecular weight is 101 g/mol. The second-order valence-electron chi connectivity index (χ2n) is 1.04. The predicted octanol–water partition coefficient (Wildman–Crippen LogP) is 1.53. The summed E-state index contributed by atoms with van der Waals surface area (Å²) in [6.45, 7) is 2.54. The van der Waals surface area contributed by atoms with Crippen molar-refractivity contribution in [2.24, 2.45) is 15.6 Å². The van der Waals surface area contributed by atoms with Crippen molar-refractivity contribution in [2.75, 3.05) is 6.54 Å². The van der Waals surface area contributed by atoms with E-state index >= 15 is 0 Å². The van der Waals surface area contributed by atoms with E-state index in [9.17, 15) is 0 Å². The maximum absolute atomic E-state index is 9.17. The third kappa shape index (κ3) is 5.20. The summed E-state index contributed by atoms with van der Waals surface area (Å²) in [5.74, 6) is 0. The summed E-state index contributed by atoms with van der Waals surface area (Å²) >= 11 is 0. The highest BCUT2D eigenvalue weighted by atomic mass is 16.3. The summed E-state index contributed by atoms with van der Waals surface area (Å²) in [5.41, 5.74) is 0. The number of nitroso groups, excluding NO2 is 1. The number of rotatable bonds is 3. The standard InChI is InChI=1S/C3H7N3O/c1-2-3-4-5-6-7/h2-3H2,1H3. The summed E-state index contributed by atoms with van der Waals surface area (Å²) in [6.07, 6.45) is 0.902. The Morgan fingerprint density at radius 3 is 2.71 bits per heavy atom. The van der Waals surface area contributed by atoms with Gasteiger partial charge in [0.1, 0.15) is 5.29 Å². The summed E-state index contributed by atoms with van der Waals surface area (Å²) in [7, 11) is 0. The minimum absolute atomic E-state index is 0.589. The molecule has 0 amide bonds. The van der Waals surface area contributed by atoms with Crippen molar-refractivity contribution in [3.05, 3.63) is 4.91 Å². The van der Waals surface area contributed by atoms with E-state index in [0.29, 0.717) is 6.54 Å². The molecule has 0 N–H and O–H groups in total. The van der Waals surface area contributed by atoms with Crippen LogP contribution in [0.25, 0.3) is 0 Å². The molecule has 0 aromatic heterocycles. The molecule has 4 nitrogen and oxygen atoms in total. The largest absolute Gasteiger partial charge is 0.166 e. The molecule has 0 bridgehead atoms. The highest BCUT2D eigenvalue weighted by Crippen LogP contribution is 1.78. The Kier molecular flexibility index (Phi) is 4.61. The fourth-order valence-electron chi connectivity index (χ4n) is 0.171. The lowest BCUT2D eigenvalue weighted by atomic mass is 10.5. The van der Waals surface area contributed by atoms with Gasteiger partial charge < -0.3 is 0 Å². The van der Waals surface area contributed by atoms with E-state index in [1.807, 2.05) is 6.92 Å². The first-order valence-electron chi connectivity index (χ1n) is 2.11. The molecule has 0 saturated heterocycles. The zero-order valence-electron chi connectivity index (χ0n) is 4.16. The Morgan fingerprint density at radius 1 is 1.57 bits per heavy atom. The van der Waals surface area contributed by atoms with E-state index in [1.54, 1.807) is 0 Å². The Morgan fingerprint density at radius 2 is 2.29 bits per heavy atom. The molecule has 0 aromatic rings. The molecule has 0 unspecified atom stereocenters. The van der Waals surface area contributed by atoms with Gasteiger partial charge in [0.25, 0.3) is 0 Å². The van der Waals surface area contributed by atoms with E-state index in [-0.39, 0.29) is 0 Å². The van der Waals surface area contributed by atoms with Crippen LogP contribution in [0.4, 0.5) is 0 Å². The van der Waals surface area contributed by atoms with Gasteiger partial charge in [-0.1, -0.05) is 6.92 Å². The van der Waals surface area contributed by atoms with Crippen LogP contribution in [0.5, 0.6) is 0 Å². The van der Waals surface area contributed by atoms with Crippen LogP contribution in [0.2, 0.25) is 0 Å². The minimum atomic E-state index is 0.589. The molecule has 0 atom stereocenters. The first kappa shape index (κ1) is 6.20. The molecule has 0 heterocycles. The maximum atomic E-state index is 9.17. The van der Waals surface area contributed by atoms with Crippen molar-refractivity contribution < 1.29 is 0 Å². The van der Waals surface area contributed by atoms with E-state index in [1.165, 1.54) is 0 Å². The third-order valence-electron chi connectivity index (χ3n) is 0.423. The smallest absolute Gasteiger partial charge is 0.100 e. The van der Waals surface area contributed by atoms with Crippen LogP contribution >= 0.6 is 0 Å². The van der Waals surface area contributed by atoms with Gasteiger partial charge in [0.2, 0.25) is 0 Å². The van der Waals surface area contributed by atoms with Crippen LogP contribution in [0.1, 0.15) is 13.3 Å². The first-order valence-corrected chi connectivity index (χ1v) is 2.11. The molecule has 0 aromatic carbocycles. The van der Waals surface area contributed by atoms with Gasteiger partial charge in [0, 0.05) is 0 Å². The maximum Gasteiger partial charge on any atom is 0.100 e. The van der Waals surface area contributed by atoms with Crippen LogP contribution in [-0.4, -0.2) is 6.54 Å². The fraction of sp³-hybridized carbons (Fsp3) is 1.00. The summed E-state index contributed by atoms with van der Waals surface area (Å²) < 4.78 is 0. The van der Waals surface area contributed by atoms with Crippen molar-refractivity contribution in [1.29, 1.82) is 0 Å². The zero-order valence-corrected chi connectivity index (χ0v) is 4.16. The molecule has 0 aliphatic heterocycles. The van der Waals surface area contributed by atoms with Gasteiger partial charge in [-0.2, -0.15) is 5.11 Å². The van der Waals surface area contributed by atoms with Crippen LogP contribution in [0.15, 0.2) is 15.6 Å². The van der Waals surface area contributed by atoms with Gasteiger partial charge in [-0.15, -0.1) is 4.91 Å². The Hall–Kier alpha value is -0.800. The Bertz CT molecular complexity index is 70.6. The van der Waals surface area contributed by atoms with Crippen molar-refractivity contribution in [1.82, 2.24) is 0 Å². The number of hydrogen-bond acceptors (Lipinski definition) is 2. The molecule has 0 saturated carbocycles. The first-order chi connectivity index (χ1) is 3.41. The van der Waals surface area contributed by atoms with Crippen LogP contribution in [0, 0.1) is 4.91 Å². The van der Waals surface area contributed by atoms with Gasteiger partial charge in [0.05, 0.1) is 6.54 Å². The summed E-state index contributed by atoms with van der Waals surface area (Å²) in [4.78, 5) is 9.17. The Labute approximate surface area is 41.6 Å². The van der Waals surface area contributed by atoms with Gasteiger partial charge in [0.15, 0.2) is 0 Å². The SMILES string of the molecule is CCCN=NN=O. The van der Waals surface area contributed by atoms with E-state index < -0.39 is 0 Å². The lowest BCUT2D eigenvalue weighted by Crippen LogP contribution is -1.68. The highest BCUT2D eigenvalue weighted by Gasteiger charge is 1.69. The van der Waals surface area contributed by atoms with Gasteiger partial charge in [-0.25, -0.2) is 0 Å². The summed E-state index contributed by atoms with van der Waals surface area (Å²) in [5, 5.41) is 8.39. The monoisotopic (exact) mass is 101 g/mol. The molecule has 0 spiro atoms. The molecule has 0 fully saturated rings. The van der Waals surface area contributed by atoms with Crippen LogP contribution in [0.3, 0.4) is 0 Å². The van der Waals surface area contributed by atoms with Crippen molar-refractivity contribution in [3.8, 4) is 0 Å². The molecular formula is C3H7N3O. The predicted molar refractivity (Wildman–Crippen MR) is 25.8 cm³/mol. The van der Waals surface area contributed by atoms with Crippen molar-refractivity contribution in [3.63, 3.8) is 0 Å². The van der Waals surface area contributed by atoms with E-state index in [0.717, 1.165) is 6.42 Å². The quantitative estimate of drug-likeness (QED) is 0.302. The second kappa shape index (κ2) is 5.20. The lowest BCUT2D eigenvalue weighted by Gasteiger charge is -1.74. The van der Waals surface area contributed by atoms with Gasteiger partial charge >= 0.3 is 0 Å². The fourth-order valence-corrected chi connectivity index (χ4v) is 0.171. The van der Waals surface area contributed by atoms with Gasteiger partial charge in [-0.3, -0.25) is 0 Å². The van der Waals surface area contributed by atoms with Crippen molar-refractivity contribution >= 4 is 0 Å². The molecular weight excluding hydrogens is 94.1 g/mol. The van der Waals surface area contributed by atoms with Crippen LogP contribution < -0.4 is 0 Å². The minimum Gasteiger partial charge on any atom is -0.166 e. The van der Waals surface area contributed by atoms with Crippen LogP contribution in [-0.2, 0) is 0 Å². The molecule has 40 valence electrons. The highest BCUT2D eigenvalue weighted by molar-refractivity contribution is 4.29. The molecule has 0 aliphatic rings. The zero-order chi connectivity index (χ0) is 5.54. The molecule has 0 aliphatic carbocycles. The average Bonchev–Trinajstić information content (AvgIpc) is 1.69. The molecule has 0 rings (SSSR count). The van der Waals surface area contributed by atoms with E-state index in [2.05, 4.69) is 15.6 Å². The second-order valence-corrected chi connectivity index (χ2v) is 1.04. The Balaban J connectivity index is 2.92. The van der Waals surface area contributed by atoms with Crippen molar-refractivity contribution in [2.45, 2.75) is 13.3 Å². The lowest BCUT2D eigenvalue weighted by molar-refractivity contribution is 0.837. The number of hydrogen-bond donors (Lipinski definition) is 0. The summed E-state index contributed by atoms with van der Waals surface area (Å²) in [6, 6.07) is 0. The third-order valence-corrected chi connectivity index (χ3v) is 0.423. The van der Waals surface area contributed by atoms with E-state index in [4.69, 9.17) is 4.91 Å². The van der Waals surface area contributed by atoms with Gasteiger partial charge in [-0.05, 0) is 11.6 Å². The molecule has 4 heteroatoms. The number of nitrogens with zero attached hydrogens (tertiary/aromatic N) is 3. The normalized spacial score (nSPS) is 9.86. The molecule has 7 heavy (non-hydrogen) atoms. The topological polar surface area (TPSA) is 54.1 Å². The molecule has 0 radical (unpaired) electrons.